The van der Waals surface area contributed by atoms with Crippen LogP contribution in [0.3, 0.4) is 0 Å². The molecule has 150 valence electrons. The predicted molar refractivity (Wildman–Crippen MR) is 106 cm³/mol. The highest BCUT2D eigenvalue weighted by Crippen LogP contribution is 2.30. The summed E-state index contributed by atoms with van der Waals surface area (Å²) in [5.41, 5.74) is 0.881. The monoisotopic (exact) mass is 405 g/mol. The standard InChI is InChI=1S/C19H23N3O5S/c1-21(2)15-8-3-7-14-13(15)6-4-10-17(14)28(26,27)20-12-18(23)22-11-5-9-16(22)19(24)25/h3-4,6-8,10,16,20H,5,9,11-12H2,1-2H3,(H,24,25). The second-order valence-electron chi connectivity index (χ2n) is 6.93. The van der Waals surface area contributed by atoms with Crippen molar-refractivity contribution in [3.05, 3.63) is 36.4 Å². The Labute approximate surface area is 163 Å². The average Bonchev–Trinajstić information content (AvgIpc) is 3.15. The van der Waals surface area contributed by atoms with Crippen molar-refractivity contribution in [1.29, 1.82) is 0 Å². The Kier molecular flexibility index (Phi) is 5.57. The number of carboxylic acids is 1. The maximum absolute atomic E-state index is 12.9. The molecule has 1 saturated heterocycles. The third kappa shape index (κ3) is 3.81. The van der Waals surface area contributed by atoms with Gasteiger partial charge in [-0.1, -0.05) is 24.3 Å². The van der Waals surface area contributed by atoms with E-state index in [0.29, 0.717) is 24.8 Å². The summed E-state index contributed by atoms with van der Waals surface area (Å²) in [6.45, 7) is -0.159. The number of likely N-dealkylation sites (tertiary alicyclic amines) is 1. The molecule has 1 heterocycles. The Balaban J connectivity index is 1.85. The van der Waals surface area contributed by atoms with Gasteiger partial charge in [-0.05, 0) is 25.0 Å². The fourth-order valence-electron chi connectivity index (χ4n) is 3.55. The molecular weight excluding hydrogens is 382 g/mol. The third-order valence-corrected chi connectivity index (χ3v) is 6.36. The van der Waals surface area contributed by atoms with E-state index >= 15 is 0 Å². The Morgan fingerprint density at radius 1 is 1.18 bits per heavy atom. The summed E-state index contributed by atoms with van der Waals surface area (Å²) in [6, 6.07) is 9.50. The number of anilines is 1. The minimum Gasteiger partial charge on any atom is -0.480 e. The quantitative estimate of drug-likeness (QED) is 0.749. The summed E-state index contributed by atoms with van der Waals surface area (Å²) >= 11 is 0. The summed E-state index contributed by atoms with van der Waals surface area (Å²) in [6.07, 6.45) is 0.969. The summed E-state index contributed by atoms with van der Waals surface area (Å²) in [7, 11) is -0.202. The van der Waals surface area contributed by atoms with Crippen LogP contribution in [-0.4, -0.2) is 63.5 Å². The molecule has 0 spiro atoms. The number of aliphatic carboxylic acids is 1. The number of fused-ring (bicyclic) bond motifs is 1. The van der Waals surface area contributed by atoms with E-state index in [1.54, 1.807) is 18.2 Å². The van der Waals surface area contributed by atoms with Crippen LogP contribution in [0.25, 0.3) is 10.8 Å². The molecule has 0 bridgehead atoms. The van der Waals surface area contributed by atoms with Gasteiger partial charge in [0.05, 0.1) is 11.4 Å². The number of nitrogens with zero attached hydrogens (tertiary/aromatic N) is 2. The van der Waals surface area contributed by atoms with E-state index in [2.05, 4.69) is 4.72 Å². The first-order valence-electron chi connectivity index (χ1n) is 8.93. The Morgan fingerprint density at radius 2 is 1.86 bits per heavy atom. The molecule has 1 amide bonds. The van der Waals surface area contributed by atoms with Crippen LogP contribution in [-0.2, 0) is 19.6 Å². The van der Waals surface area contributed by atoms with E-state index in [0.717, 1.165) is 11.1 Å². The number of nitrogens with one attached hydrogen (secondary N) is 1. The minimum atomic E-state index is -3.96. The van der Waals surface area contributed by atoms with E-state index in [9.17, 15) is 23.1 Å². The first kappa shape index (κ1) is 20.1. The van der Waals surface area contributed by atoms with Gasteiger partial charge in [-0.15, -0.1) is 0 Å². The van der Waals surface area contributed by atoms with Crippen molar-refractivity contribution in [2.75, 3.05) is 32.1 Å². The zero-order chi connectivity index (χ0) is 20.5. The molecule has 2 N–H and O–H groups in total. The zero-order valence-electron chi connectivity index (χ0n) is 15.8. The normalized spacial score (nSPS) is 17.1. The summed E-state index contributed by atoms with van der Waals surface area (Å²) in [5.74, 6) is -1.61. The second-order valence-corrected chi connectivity index (χ2v) is 8.67. The second kappa shape index (κ2) is 7.76. The number of sulfonamides is 1. The Hall–Kier alpha value is -2.65. The highest BCUT2D eigenvalue weighted by molar-refractivity contribution is 7.89. The molecule has 3 rings (SSSR count). The van der Waals surface area contributed by atoms with Gasteiger partial charge in [-0.3, -0.25) is 4.79 Å². The molecular formula is C19H23N3O5S. The highest BCUT2D eigenvalue weighted by Gasteiger charge is 2.34. The minimum absolute atomic E-state index is 0.0812. The zero-order valence-corrected chi connectivity index (χ0v) is 16.6. The number of carboxylic acid groups (broad SMARTS) is 1. The lowest BCUT2D eigenvalue weighted by Gasteiger charge is -2.21. The molecule has 1 fully saturated rings. The molecule has 0 radical (unpaired) electrons. The summed E-state index contributed by atoms with van der Waals surface area (Å²) in [5, 5.41) is 10.5. The van der Waals surface area contributed by atoms with Gasteiger partial charge in [0.25, 0.3) is 0 Å². The lowest BCUT2D eigenvalue weighted by molar-refractivity contribution is -0.147. The van der Waals surface area contributed by atoms with Crippen molar-refractivity contribution in [2.24, 2.45) is 0 Å². The highest BCUT2D eigenvalue weighted by atomic mass is 32.2. The van der Waals surface area contributed by atoms with E-state index in [1.165, 1.54) is 11.0 Å². The molecule has 2 aromatic rings. The largest absolute Gasteiger partial charge is 0.480 e. The molecule has 9 heteroatoms. The topological polar surface area (TPSA) is 107 Å². The number of hydrogen-bond donors (Lipinski definition) is 2. The first-order valence-corrected chi connectivity index (χ1v) is 10.4. The number of rotatable bonds is 6. The molecule has 0 aliphatic carbocycles. The van der Waals surface area contributed by atoms with E-state index in [1.807, 2.05) is 31.1 Å². The fourth-order valence-corrected chi connectivity index (χ4v) is 4.74. The van der Waals surface area contributed by atoms with Crippen molar-refractivity contribution in [3.63, 3.8) is 0 Å². The van der Waals surface area contributed by atoms with E-state index in [-0.39, 0.29) is 4.90 Å². The van der Waals surface area contributed by atoms with Crippen LogP contribution in [0.2, 0.25) is 0 Å². The maximum Gasteiger partial charge on any atom is 0.326 e. The summed E-state index contributed by atoms with van der Waals surface area (Å²) < 4.78 is 28.0. The molecule has 0 saturated carbocycles. The van der Waals surface area contributed by atoms with E-state index < -0.39 is 34.5 Å². The number of carbonyl (C=O) groups excluding carboxylic acids is 1. The average molecular weight is 405 g/mol. The summed E-state index contributed by atoms with van der Waals surface area (Å²) in [4.78, 5) is 26.8. The smallest absolute Gasteiger partial charge is 0.326 e. The van der Waals surface area contributed by atoms with Gasteiger partial charge in [-0.2, -0.15) is 0 Å². The number of amides is 1. The van der Waals surface area contributed by atoms with Crippen LogP contribution in [0, 0.1) is 0 Å². The lowest BCUT2D eigenvalue weighted by Crippen LogP contribution is -2.45. The van der Waals surface area contributed by atoms with Crippen LogP contribution in [0.1, 0.15) is 12.8 Å². The van der Waals surface area contributed by atoms with Crippen molar-refractivity contribution in [1.82, 2.24) is 9.62 Å². The van der Waals surface area contributed by atoms with Gasteiger partial charge < -0.3 is 14.9 Å². The molecule has 28 heavy (non-hydrogen) atoms. The molecule has 1 aliphatic rings. The van der Waals surface area contributed by atoms with Gasteiger partial charge in [-0.25, -0.2) is 17.9 Å². The van der Waals surface area contributed by atoms with Crippen molar-refractivity contribution in [3.8, 4) is 0 Å². The SMILES string of the molecule is CN(C)c1cccc2c(S(=O)(=O)NCC(=O)N3CCCC3C(=O)O)cccc12. The lowest BCUT2D eigenvalue weighted by atomic mass is 10.1. The fraction of sp³-hybridized carbons (Fsp3) is 0.368. The van der Waals surface area contributed by atoms with Gasteiger partial charge in [0.15, 0.2) is 0 Å². The maximum atomic E-state index is 12.9. The van der Waals surface area contributed by atoms with Crippen molar-refractivity contribution >= 4 is 38.4 Å². The molecule has 1 unspecified atom stereocenters. The van der Waals surface area contributed by atoms with Gasteiger partial charge in [0.2, 0.25) is 15.9 Å². The number of hydrogen-bond acceptors (Lipinski definition) is 5. The van der Waals surface area contributed by atoms with Gasteiger partial charge in [0, 0.05) is 37.1 Å². The van der Waals surface area contributed by atoms with E-state index in [4.69, 9.17) is 0 Å². The third-order valence-electron chi connectivity index (χ3n) is 4.90. The predicted octanol–water partition coefficient (Wildman–Crippen LogP) is 1.26. The van der Waals surface area contributed by atoms with Crippen molar-refractivity contribution in [2.45, 2.75) is 23.8 Å². The first-order chi connectivity index (χ1) is 13.2. The van der Waals surface area contributed by atoms with Crippen LogP contribution in [0.5, 0.6) is 0 Å². The molecule has 1 atom stereocenters. The molecule has 8 nitrogen and oxygen atoms in total. The number of benzene rings is 2. The van der Waals surface area contributed by atoms with Gasteiger partial charge in [0.1, 0.15) is 6.04 Å². The van der Waals surface area contributed by atoms with Crippen LogP contribution in [0.15, 0.2) is 41.3 Å². The van der Waals surface area contributed by atoms with Crippen LogP contribution < -0.4 is 9.62 Å². The number of carbonyl (C=O) groups is 2. The van der Waals surface area contributed by atoms with Crippen molar-refractivity contribution < 1.29 is 23.1 Å². The Morgan fingerprint density at radius 3 is 2.54 bits per heavy atom. The Bertz CT molecular complexity index is 1020. The molecule has 0 aromatic heterocycles. The van der Waals surface area contributed by atoms with Crippen LogP contribution in [0.4, 0.5) is 5.69 Å². The molecule has 2 aromatic carbocycles. The molecule has 1 aliphatic heterocycles. The van der Waals surface area contributed by atoms with Crippen LogP contribution >= 0.6 is 0 Å². The van der Waals surface area contributed by atoms with Gasteiger partial charge >= 0.3 is 5.97 Å².